The molecular weight excluding hydrogens is 480 g/mol. The van der Waals surface area contributed by atoms with Crippen molar-refractivity contribution < 1.29 is 0 Å². The largest absolute Gasteiger partial charge is 0.0988 e. The van der Waals surface area contributed by atoms with Crippen LogP contribution in [0.15, 0.2) is 122 Å². The van der Waals surface area contributed by atoms with Crippen LogP contribution in [0, 0.1) is 13.8 Å². The molecule has 4 aromatic carbocycles. The van der Waals surface area contributed by atoms with Gasteiger partial charge in [0.05, 0.1) is 0 Å². The quantitative estimate of drug-likeness (QED) is 0.229. The van der Waals surface area contributed by atoms with Gasteiger partial charge < -0.3 is 0 Å². The molecule has 0 nitrogen and oxygen atoms in total. The minimum atomic E-state index is 0.0437. The third kappa shape index (κ3) is 5.45. The molecular formula is C40H42. The average molecular weight is 523 g/mol. The zero-order valence-corrected chi connectivity index (χ0v) is 25.2. The van der Waals surface area contributed by atoms with E-state index in [0.717, 1.165) is 5.57 Å². The van der Waals surface area contributed by atoms with Gasteiger partial charge >= 0.3 is 0 Å². The normalized spacial score (nSPS) is 13.6. The van der Waals surface area contributed by atoms with Crippen LogP contribution < -0.4 is 0 Å². The minimum absolute atomic E-state index is 0.0437. The van der Waals surface area contributed by atoms with Crippen LogP contribution in [0.5, 0.6) is 0 Å². The molecule has 0 amide bonds. The maximum atomic E-state index is 4.14. The summed E-state index contributed by atoms with van der Waals surface area (Å²) in [6.45, 7) is 23.2. The van der Waals surface area contributed by atoms with Crippen molar-refractivity contribution in [2.24, 2.45) is 0 Å². The molecule has 0 saturated carbocycles. The van der Waals surface area contributed by atoms with Crippen molar-refractivity contribution in [1.29, 1.82) is 0 Å². The van der Waals surface area contributed by atoms with Gasteiger partial charge in [-0.25, -0.2) is 0 Å². The van der Waals surface area contributed by atoms with Gasteiger partial charge in [0.2, 0.25) is 0 Å². The van der Waals surface area contributed by atoms with Crippen molar-refractivity contribution in [3.63, 3.8) is 0 Å². The molecule has 0 N–H and O–H groups in total. The van der Waals surface area contributed by atoms with E-state index in [2.05, 4.69) is 140 Å². The maximum Gasteiger partial charge on any atom is 0.0159 e. The summed E-state index contributed by atoms with van der Waals surface area (Å²) in [5, 5.41) is 0. The predicted molar refractivity (Wildman–Crippen MR) is 178 cm³/mol. The molecule has 0 atom stereocenters. The van der Waals surface area contributed by atoms with Crippen LogP contribution in [-0.2, 0) is 5.41 Å². The lowest BCUT2D eigenvalue weighted by Crippen LogP contribution is -2.14. The highest BCUT2D eigenvalue weighted by molar-refractivity contribution is 5.92. The van der Waals surface area contributed by atoms with Crippen molar-refractivity contribution in [3.8, 4) is 22.3 Å². The first-order chi connectivity index (χ1) is 19.1. The maximum absolute atomic E-state index is 4.14. The Morgan fingerprint density at radius 3 is 1.93 bits per heavy atom. The van der Waals surface area contributed by atoms with E-state index in [9.17, 15) is 0 Å². The lowest BCUT2D eigenvalue weighted by atomic mass is 9.82. The van der Waals surface area contributed by atoms with Crippen molar-refractivity contribution in [3.05, 3.63) is 155 Å². The van der Waals surface area contributed by atoms with Gasteiger partial charge in [0.15, 0.2) is 0 Å². The highest BCUT2D eigenvalue weighted by Crippen LogP contribution is 2.51. The summed E-state index contributed by atoms with van der Waals surface area (Å²) in [5.41, 5.74) is 17.0. The second-order valence-electron chi connectivity index (χ2n) is 11.3. The number of hydrogen-bond donors (Lipinski definition) is 0. The molecule has 0 bridgehead atoms. The molecule has 5 rings (SSSR count). The molecule has 40 heavy (non-hydrogen) atoms. The molecule has 0 aromatic heterocycles. The Morgan fingerprint density at radius 2 is 1.30 bits per heavy atom. The van der Waals surface area contributed by atoms with Crippen LogP contribution in [0.1, 0.15) is 68.0 Å². The molecule has 0 aliphatic heterocycles. The molecule has 4 aromatic rings. The van der Waals surface area contributed by atoms with Crippen molar-refractivity contribution in [2.75, 3.05) is 0 Å². The monoisotopic (exact) mass is 522 g/mol. The van der Waals surface area contributed by atoms with Crippen LogP contribution in [-0.4, -0.2) is 0 Å². The van der Waals surface area contributed by atoms with E-state index in [0.29, 0.717) is 0 Å². The fraction of sp³-hybridized carbons (Fsp3) is 0.200. The van der Waals surface area contributed by atoms with Crippen LogP contribution >= 0.6 is 0 Å². The summed E-state index contributed by atoms with van der Waals surface area (Å²) in [6, 6.07) is 30.7. The summed E-state index contributed by atoms with van der Waals surface area (Å²) in [4.78, 5) is 0. The third-order valence-electron chi connectivity index (χ3n) is 8.30. The summed E-state index contributed by atoms with van der Waals surface area (Å²) in [5.74, 6) is 0. The predicted octanol–water partition coefficient (Wildman–Crippen LogP) is 11.5. The Morgan fingerprint density at radius 1 is 0.725 bits per heavy atom. The van der Waals surface area contributed by atoms with Gasteiger partial charge in [0.1, 0.15) is 0 Å². The van der Waals surface area contributed by atoms with Crippen LogP contribution in [0.25, 0.3) is 33.4 Å². The van der Waals surface area contributed by atoms with Gasteiger partial charge in [-0.3, -0.25) is 0 Å². The summed E-state index contributed by atoms with van der Waals surface area (Å²) < 4.78 is 0. The highest BCUT2D eigenvalue weighted by atomic mass is 14.4. The van der Waals surface area contributed by atoms with E-state index in [-0.39, 0.29) is 5.41 Å². The lowest BCUT2D eigenvalue weighted by Gasteiger charge is -2.21. The van der Waals surface area contributed by atoms with Crippen molar-refractivity contribution in [1.82, 2.24) is 0 Å². The standard InChI is InChI=1S/C26H24.C14H18/c1-5-9-18(2)19-14-16-20(17-15-19)21-11-8-13-24-25(21)22-10-6-7-12-23(22)26(24,3)4;1-6-10(2)13(5)14-11(3)8-7-9-12(14)4/h5-17H,2H2,1,3-4H3;6-9H,1H2,2-5H3/b9-5-;13-10+. The molecule has 0 heterocycles. The van der Waals surface area contributed by atoms with E-state index in [1.54, 1.807) is 0 Å². The number of fused-ring (bicyclic) bond motifs is 3. The van der Waals surface area contributed by atoms with Gasteiger partial charge in [-0.15, -0.1) is 0 Å². The molecule has 202 valence electrons. The van der Waals surface area contributed by atoms with Gasteiger partial charge in [0, 0.05) is 5.41 Å². The van der Waals surface area contributed by atoms with E-state index in [4.69, 9.17) is 0 Å². The van der Waals surface area contributed by atoms with Crippen molar-refractivity contribution >= 4 is 11.1 Å². The molecule has 0 radical (unpaired) electrons. The zero-order valence-electron chi connectivity index (χ0n) is 25.2. The number of rotatable bonds is 5. The van der Waals surface area contributed by atoms with E-state index in [1.807, 2.05) is 25.2 Å². The number of aryl methyl sites for hydroxylation is 2. The first kappa shape index (κ1) is 28.8. The second-order valence-corrected chi connectivity index (χ2v) is 11.3. The smallest absolute Gasteiger partial charge is 0.0159 e. The Balaban J connectivity index is 0.000000224. The van der Waals surface area contributed by atoms with Gasteiger partial charge in [0.25, 0.3) is 0 Å². The van der Waals surface area contributed by atoms with Gasteiger partial charge in [-0.1, -0.05) is 130 Å². The average Bonchev–Trinajstić information content (AvgIpc) is 3.20. The summed E-state index contributed by atoms with van der Waals surface area (Å²) in [6.07, 6.45) is 5.99. The number of benzene rings is 4. The van der Waals surface area contributed by atoms with Gasteiger partial charge in [-0.2, -0.15) is 0 Å². The molecule has 1 aliphatic carbocycles. The summed E-state index contributed by atoms with van der Waals surface area (Å²) >= 11 is 0. The Kier molecular flexibility index (Phi) is 8.60. The lowest BCUT2D eigenvalue weighted by molar-refractivity contribution is 0.660. The second kappa shape index (κ2) is 11.9. The van der Waals surface area contributed by atoms with E-state index >= 15 is 0 Å². The fourth-order valence-corrected chi connectivity index (χ4v) is 5.91. The molecule has 1 aliphatic rings. The Labute approximate surface area is 242 Å². The first-order valence-corrected chi connectivity index (χ1v) is 14.1. The minimum Gasteiger partial charge on any atom is -0.0988 e. The Bertz CT molecular complexity index is 1600. The molecule has 0 heteroatoms. The molecule has 0 spiro atoms. The van der Waals surface area contributed by atoms with Crippen molar-refractivity contribution in [2.45, 2.75) is 53.9 Å². The molecule has 0 unspecified atom stereocenters. The summed E-state index contributed by atoms with van der Waals surface area (Å²) in [7, 11) is 0. The van der Waals surface area contributed by atoms with E-state index in [1.165, 1.54) is 66.8 Å². The molecule has 0 saturated heterocycles. The van der Waals surface area contributed by atoms with Crippen LogP contribution in [0.4, 0.5) is 0 Å². The first-order valence-electron chi connectivity index (χ1n) is 14.1. The third-order valence-corrected chi connectivity index (χ3v) is 8.30. The fourth-order valence-electron chi connectivity index (χ4n) is 5.91. The van der Waals surface area contributed by atoms with Crippen LogP contribution in [0.3, 0.4) is 0 Å². The van der Waals surface area contributed by atoms with Gasteiger partial charge in [-0.05, 0) is 107 Å². The molecule has 0 fully saturated rings. The topological polar surface area (TPSA) is 0 Å². The van der Waals surface area contributed by atoms with E-state index < -0.39 is 0 Å². The SMILES string of the molecule is C=C(/C=C\C)c1ccc(-c2cccc3c2-c2ccccc2C3(C)C)cc1.C=C/C(C)=C(\C)c1c(C)cccc1C. The highest BCUT2D eigenvalue weighted by Gasteiger charge is 2.36. The Hall–Kier alpha value is -4.16. The van der Waals surface area contributed by atoms with Crippen LogP contribution in [0.2, 0.25) is 0 Å². The zero-order chi connectivity index (χ0) is 29.0. The number of hydrogen-bond acceptors (Lipinski definition) is 0. The number of allylic oxidation sites excluding steroid dienone is 6.